The van der Waals surface area contributed by atoms with Crippen LogP contribution in [-0.4, -0.2) is 31.4 Å². The number of hydrogen-bond acceptors (Lipinski definition) is 4. The SMILES string of the molecule is CC(C)(C)OCCS(=O)(=O)Cc1cccc(Cl)n1. The minimum absolute atomic E-state index is 0.0154. The lowest BCUT2D eigenvalue weighted by Crippen LogP contribution is -2.24. The largest absolute Gasteiger partial charge is 0.375 e. The predicted octanol–water partition coefficient (Wildman–Crippen LogP) is 2.46. The second-order valence-electron chi connectivity index (χ2n) is 5.00. The molecule has 18 heavy (non-hydrogen) atoms. The van der Waals surface area contributed by atoms with Crippen molar-refractivity contribution in [3.63, 3.8) is 0 Å². The number of aromatic nitrogens is 1. The van der Waals surface area contributed by atoms with Crippen molar-refractivity contribution >= 4 is 21.4 Å². The zero-order chi connectivity index (χ0) is 13.8. The van der Waals surface area contributed by atoms with Gasteiger partial charge >= 0.3 is 0 Å². The van der Waals surface area contributed by atoms with Crippen LogP contribution in [0.3, 0.4) is 0 Å². The molecule has 0 aromatic carbocycles. The fourth-order valence-electron chi connectivity index (χ4n) is 1.30. The van der Waals surface area contributed by atoms with Gasteiger partial charge in [0.05, 0.1) is 29.4 Å². The van der Waals surface area contributed by atoms with Crippen LogP contribution in [0.4, 0.5) is 0 Å². The summed E-state index contributed by atoms with van der Waals surface area (Å²) in [5.41, 5.74) is 0.127. The minimum atomic E-state index is -3.22. The molecule has 4 nitrogen and oxygen atoms in total. The highest BCUT2D eigenvalue weighted by molar-refractivity contribution is 7.90. The summed E-state index contributed by atoms with van der Waals surface area (Å²) >= 11 is 5.71. The molecule has 0 fully saturated rings. The molecule has 0 aliphatic rings. The number of pyridine rings is 1. The summed E-state index contributed by atoms with van der Waals surface area (Å²) in [5, 5.41) is 0.300. The highest BCUT2D eigenvalue weighted by atomic mass is 35.5. The van der Waals surface area contributed by atoms with Crippen LogP contribution in [-0.2, 0) is 20.3 Å². The van der Waals surface area contributed by atoms with E-state index in [4.69, 9.17) is 16.3 Å². The third kappa shape index (κ3) is 6.33. The Morgan fingerprint density at radius 2 is 2.00 bits per heavy atom. The Balaban J connectivity index is 2.55. The Bertz CT molecular complexity index is 494. The average molecular weight is 292 g/mol. The highest BCUT2D eigenvalue weighted by Crippen LogP contribution is 2.10. The van der Waals surface area contributed by atoms with E-state index in [2.05, 4.69) is 4.98 Å². The minimum Gasteiger partial charge on any atom is -0.375 e. The van der Waals surface area contributed by atoms with Crippen LogP contribution in [0, 0.1) is 0 Å². The van der Waals surface area contributed by atoms with Gasteiger partial charge in [-0.1, -0.05) is 17.7 Å². The van der Waals surface area contributed by atoms with Crippen molar-refractivity contribution in [3.8, 4) is 0 Å². The van der Waals surface area contributed by atoms with Gasteiger partial charge in [-0.05, 0) is 32.9 Å². The van der Waals surface area contributed by atoms with Gasteiger partial charge in [0.15, 0.2) is 9.84 Å². The van der Waals surface area contributed by atoms with Crippen molar-refractivity contribution in [2.24, 2.45) is 0 Å². The summed E-state index contributed by atoms with van der Waals surface area (Å²) in [6.45, 7) is 5.85. The molecule has 1 aromatic rings. The predicted molar refractivity (Wildman–Crippen MR) is 72.4 cm³/mol. The molecular weight excluding hydrogens is 274 g/mol. The molecule has 0 amide bonds. The number of sulfone groups is 1. The summed E-state index contributed by atoms with van der Waals surface area (Å²) < 4.78 is 29.1. The molecular formula is C12H18ClNO3S. The van der Waals surface area contributed by atoms with Crippen LogP contribution in [0.15, 0.2) is 18.2 Å². The van der Waals surface area contributed by atoms with Gasteiger partial charge in [0.2, 0.25) is 0 Å². The molecule has 6 heteroatoms. The first-order valence-corrected chi connectivity index (χ1v) is 7.84. The zero-order valence-electron chi connectivity index (χ0n) is 10.8. The van der Waals surface area contributed by atoms with E-state index in [1.807, 2.05) is 20.8 Å². The van der Waals surface area contributed by atoms with Crippen LogP contribution < -0.4 is 0 Å². The fourth-order valence-corrected chi connectivity index (χ4v) is 2.58. The number of hydrogen-bond donors (Lipinski definition) is 0. The van der Waals surface area contributed by atoms with Crippen molar-refractivity contribution in [2.75, 3.05) is 12.4 Å². The maximum atomic E-state index is 11.8. The Kier molecular flexibility index (Phi) is 5.13. The van der Waals surface area contributed by atoms with Crippen molar-refractivity contribution in [1.29, 1.82) is 0 Å². The van der Waals surface area contributed by atoms with E-state index in [-0.39, 0.29) is 23.7 Å². The molecule has 0 radical (unpaired) electrons. The summed E-state index contributed by atoms with van der Waals surface area (Å²) in [4.78, 5) is 3.96. The van der Waals surface area contributed by atoms with Crippen LogP contribution in [0.5, 0.6) is 0 Å². The van der Waals surface area contributed by atoms with Gasteiger partial charge < -0.3 is 4.74 Å². The molecule has 0 N–H and O–H groups in total. The standard InChI is InChI=1S/C12H18ClNO3S/c1-12(2,3)17-7-8-18(15,16)9-10-5-4-6-11(13)14-10/h4-6H,7-9H2,1-3H3. The number of ether oxygens (including phenoxy) is 1. The third-order valence-electron chi connectivity index (χ3n) is 2.07. The van der Waals surface area contributed by atoms with Crippen molar-refractivity contribution in [3.05, 3.63) is 29.0 Å². The van der Waals surface area contributed by atoms with E-state index in [0.717, 1.165) is 0 Å². The molecule has 0 spiro atoms. The van der Waals surface area contributed by atoms with Gasteiger partial charge in [0.1, 0.15) is 5.15 Å². The maximum absolute atomic E-state index is 11.8. The Hall–Kier alpha value is -0.650. The summed E-state index contributed by atoms with van der Waals surface area (Å²) in [6, 6.07) is 4.94. The van der Waals surface area contributed by atoms with Crippen LogP contribution in [0.1, 0.15) is 26.5 Å². The van der Waals surface area contributed by atoms with Gasteiger partial charge in [-0.2, -0.15) is 0 Å². The first-order valence-electron chi connectivity index (χ1n) is 5.64. The molecule has 0 bridgehead atoms. The molecule has 0 aliphatic heterocycles. The Morgan fingerprint density at radius 3 is 2.56 bits per heavy atom. The van der Waals surface area contributed by atoms with E-state index in [9.17, 15) is 8.42 Å². The van der Waals surface area contributed by atoms with Crippen molar-refractivity contribution in [2.45, 2.75) is 32.1 Å². The quantitative estimate of drug-likeness (QED) is 0.782. The van der Waals surface area contributed by atoms with Crippen LogP contribution >= 0.6 is 11.6 Å². The van der Waals surface area contributed by atoms with Gasteiger partial charge in [-0.15, -0.1) is 0 Å². The van der Waals surface area contributed by atoms with Gasteiger partial charge in [0, 0.05) is 0 Å². The van der Waals surface area contributed by atoms with E-state index in [1.165, 1.54) is 0 Å². The van der Waals surface area contributed by atoms with Crippen molar-refractivity contribution in [1.82, 2.24) is 4.98 Å². The Labute approximate surface area is 113 Å². The number of halogens is 1. The zero-order valence-corrected chi connectivity index (χ0v) is 12.4. The summed E-state index contributed by atoms with van der Waals surface area (Å²) in [7, 11) is -3.22. The number of rotatable bonds is 5. The first kappa shape index (κ1) is 15.4. The van der Waals surface area contributed by atoms with Crippen molar-refractivity contribution < 1.29 is 13.2 Å². The molecule has 102 valence electrons. The number of nitrogens with zero attached hydrogens (tertiary/aromatic N) is 1. The lowest BCUT2D eigenvalue weighted by Gasteiger charge is -2.19. The van der Waals surface area contributed by atoms with Gasteiger partial charge in [-0.25, -0.2) is 13.4 Å². The summed E-state index contributed by atoms with van der Waals surface area (Å²) in [5.74, 6) is -0.125. The monoisotopic (exact) mass is 291 g/mol. The normalized spacial score (nSPS) is 12.7. The second-order valence-corrected chi connectivity index (χ2v) is 7.58. The first-order chi connectivity index (χ1) is 8.18. The van der Waals surface area contributed by atoms with Crippen LogP contribution in [0.25, 0.3) is 0 Å². The fraction of sp³-hybridized carbons (Fsp3) is 0.583. The molecule has 0 atom stereocenters. The van der Waals surface area contributed by atoms with Gasteiger partial charge in [0.25, 0.3) is 0 Å². The Morgan fingerprint density at radius 1 is 1.33 bits per heavy atom. The van der Waals surface area contributed by atoms with Gasteiger partial charge in [-0.3, -0.25) is 0 Å². The molecule has 0 unspecified atom stereocenters. The lowest BCUT2D eigenvalue weighted by molar-refractivity contribution is 0.00644. The highest BCUT2D eigenvalue weighted by Gasteiger charge is 2.16. The average Bonchev–Trinajstić information content (AvgIpc) is 2.13. The third-order valence-corrected chi connectivity index (χ3v) is 3.80. The van der Waals surface area contributed by atoms with E-state index in [1.54, 1.807) is 18.2 Å². The molecule has 1 heterocycles. The van der Waals surface area contributed by atoms with E-state index < -0.39 is 9.84 Å². The van der Waals surface area contributed by atoms with E-state index >= 15 is 0 Å². The van der Waals surface area contributed by atoms with E-state index in [0.29, 0.717) is 10.8 Å². The topological polar surface area (TPSA) is 56.3 Å². The molecule has 0 saturated heterocycles. The molecule has 1 rings (SSSR count). The second kappa shape index (κ2) is 5.99. The van der Waals surface area contributed by atoms with Crippen LogP contribution in [0.2, 0.25) is 5.15 Å². The lowest BCUT2D eigenvalue weighted by atomic mass is 10.2. The molecule has 0 saturated carbocycles. The summed E-state index contributed by atoms with van der Waals surface area (Å²) in [6.07, 6.45) is 0. The molecule has 0 aliphatic carbocycles. The smallest absolute Gasteiger partial charge is 0.158 e. The molecule has 1 aromatic heterocycles. The maximum Gasteiger partial charge on any atom is 0.158 e.